The second-order valence-electron chi connectivity index (χ2n) is 11.8. The molecular weight excluding hydrogens is 604 g/mol. The maximum absolute atomic E-state index is 14.9. The molecule has 1 spiro atoms. The number of allylic oxidation sites excluding steroid dienone is 1. The van der Waals surface area contributed by atoms with Gasteiger partial charge >= 0.3 is 5.97 Å². The van der Waals surface area contributed by atoms with Crippen molar-refractivity contribution in [3.8, 4) is 0 Å². The first-order valence-corrected chi connectivity index (χ1v) is 16.4. The van der Waals surface area contributed by atoms with E-state index in [1.165, 1.54) is 0 Å². The summed E-state index contributed by atoms with van der Waals surface area (Å²) < 4.78 is 4.92. The highest BCUT2D eigenvalue weighted by atomic mass is 79.9. The van der Waals surface area contributed by atoms with Crippen molar-refractivity contribution in [3.63, 3.8) is 0 Å². The third-order valence-corrected chi connectivity index (χ3v) is 12.1. The van der Waals surface area contributed by atoms with Crippen molar-refractivity contribution in [2.24, 2.45) is 17.8 Å². The number of alkyl halides is 1. The second kappa shape index (κ2) is 13.0. The van der Waals surface area contributed by atoms with Crippen molar-refractivity contribution in [2.45, 2.75) is 80.3 Å². The van der Waals surface area contributed by atoms with E-state index in [0.29, 0.717) is 13.0 Å². The SMILES string of the molecule is C=CCCCCOC(=O)[C@H]1[C@@H]2SC3(CC2Br)C(C(=O)N(CC=C)c2c(C)cccc2C)N([C@@H](CO)C(C)C)C(=O)[C@H]13. The number of halogens is 1. The van der Waals surface area contributed by atoms with E-state index in [1.807, 2.05) is 52.0 Å². The van der Waals surface area contributed by atoms with Gasteiger partial charge in [0.15, 0.2) is 0 Å². The van der Waals surface area contributed by atoms with Gasteiger partial charge in [-0.25, -0.2) is 0 Å². The van der Waals surface area contributed by atoms with Crippen LogP contribution in [0.15, 0.2) is 43.5 Å². The number of rotatable bonds is 13. The number of nitrogens with zero attached hydrogens (tertiary/aromatic N) is 2. The number of aryl methyl sites for hydroxylation is 2. The third kappa shape index (κ3) is 5.54. The lowest BCUT2D eigenvalue weighted by molar-refractivity contribution is -0.154. The Kier molecular flexibility index (Phi) is 10.1. The normalized spacial score (nSPS) is 29.0. The van der Waals surface area contributed by atoms with E-state index >= 15 is 0 Å². The molecule has 1 aromatic rings. The van der Waals surface area contributed by atoms with Gasteiger partial charge in [0.05, 0.1) is 35.8 Å². The minimum atomic E-state index is -0.848. The molecule has 3 aliphatic rings. The molecule has 3 fully saturated rings. The highest BCUT2D eigenvalue weighted by Crippen LogP contribution is 2.68. The van der Waals surface area contributed by atoms with E-state index < -0.39 is 28.7 Å². The molecule has 2 bridgehead atoms. The van der Waals surface area contributed by atoms with E-state index in [4.69, 9.17) is 4.74 Å². The van der Waals surface area contributed by atoms with Crippen LogP contribution in [0.4, 0.5) is 5.69 Å². The number of thioether (sulfide) groups is 1. The number of anilines is 1. The molecule has 3 aliphatic heterocycles. The lowest BCUT2D eigenvalue weighted by Gasteiger charge is -2.41. The predicted octanol–water partition coefficient (Wildman–Crippen LogP) is 5.20. The Morgan fingerprint density at radius 2 is 1.93 bits per heavy atom. The molecule has 0 saturated carbocycles. The molecule has 9 heteroatoms. The van der Waals surface area contributed by atoms with Crippen LogP contribution in [0.2, 0.25) is 0 Å². The topological polar surface area (TPSA) is 87.2 Å². The fourth-order valence-electron chi connectivity index (χ4n) is 7.05. The third-order valence-electron chi connectivity index (χ3n) is 8.88. The Bertz CT molecular complexity index is 1170. The predicted molar refractivity (Wildman–Crippen MR) is 168 cm³/mol. The number of carbonyl (C=O) groups is 3. The molecule has 4 rings (SSSR count). The number of hydrogen-bond acceptors (Lipinski definition) is 6. The van der Waals surface area contributed by atoms with E-state index in [9.17, 15) is 19.5 Å². The molecule has 3 unspecified atom stereocenters. The lowest BCUT2D eigenvalue weighted by atomic mass is 9.71. The number of esters is 1. The van der Waals surface area contributed by atoms with Crippen LogP contribution in [0.25, 0.3) is 0 Å². The number of likely N-dealkylation sites (tertiary alicyclic amines) is 1. The van der Waals surface area contributed by atoms with E-state index in [0.717, 1.165) is 36.1 Å². The zero-order valence-corrected chi connectivity index (χ0v) is 27.0. The van der Waals surface area contributed by atoms with Gasteiger partial charge in [-0.2, -0.15) is 0 Å². The van der Waals surface area contributed by atoms with Gasteiger partial charge in [0, 0.05) is 22.3 Å². The van der Waals surface area contributed by atoms with Crippen LogP contribution in [-0.2, 0) is 19.1 Å². The van der Waals surface area contributed by atoms with Gasteiger partial charge in [-0.3, -0.25) is 14.4 Å². The summed E-state index contributed by atoms with van der Waals surface area (Å²) in [6.45, 7) is 15.8. The molecule has 0 aliphatic carbocycles. The molecule has 1 N–H and O–H groups in total. The zero-order valence-electron chi connectivity index (χ0n) is 24.6. The number of aliphatic hydroxyl groups excluding tert-OH is 1. The van der Waals surface area contributed by atoms with Crippen LogP contribution in [-0.4, -0.2) is 74.5 Å². The minimum absolute atomic E-state index is 0.0511. The maximum atomic E-state index is 14.9. The average Bonchev–Trinajstić information content (AvgIpc) is 3.51. The van der Waals surface area contributed by atoms with Crippen LogP contribution in [0.5, 0.6) is 0 Å². The fraction of sp³-hybridized carbons (Fsp3) is 0.594. The zero-order chi connectivity index (χ0) is 30.1. The molecule has 41 heavy (non-hydrogen) atoms. The molecule has 0 aromatic heterocycles. The Balaban J connectivity index is 1.78. The van der Waals surface area contributed by atoms with E-state index in [2.05, 4.69) is 29.1 Å². The number of fused-ring (bicyclic) bond motifs is 1. The maximum Gasteiger partial charge on any atom is 0.310 e. The summed E-state index contributed by atoms with van der Waals surface area (Å²) in [6.07, 6.45) is 6.57. The molecule has 0 radical (unpaired) electrons. The average molecular weight is 648 g/mol. The van der Waals surface area contributed by atoms with E-state index in [-0.39, 0.29) is 46.9 Å². The van der Waals surface area contributed by atoms with E-state index in [1.54, 1.807) is 27.6 Å². The number of aliphatic hydroxyl groups is 1. The summed E-state index contributed by atoms with van der Waals surface area (Å²) in [6, 6.07) is 4.49. The van der Waals surface area contributed by atoms with Gasteiger partial charge in [0.2, 0.25) is 5.91 Å². The molecule has 224 valence electrons. The number of benzene rings is 1. The smallest absolute Gasteiger partial charge is 0.310 e. The quantitative estimate of drug-likeness (QED) is 0.137. The van der Waals surface area contributed by atoms with Crippen molar-refractivity contribution in [1.82, 2.24) is 4.90 Å². The van der Waals surface area contributed by atoms with Crippen molar-refractivity contribution < 1.29 is 24.2 Å². The Hall–Kier alpha value is -2.10. The first-order chi connectivity index (χ1) is 19.5. The Morgan fingerprint density at radius 1 is 1.24 bits per heavy atom. The van der Waals surface area contributed by atoms with Gasteiger partial charge in [-0.05, 0) is 56.6 Å². The second-order valence-corrected chi connectivity index (χ2v) is 14.5. The largest absolute Gasteiger partial charge is 0.465 e. The Labute approximate surface area is 256 Å². The number of carbonyl (C=O) groups excluding carboxylic acids is 3. The number of ether oxygens (including phenoxy) is 1. The number of para-hydroxylation sites is 1. The molecule has 7 nitrogen and oxygen atoms in total. The molecule has 2 amide bonds. The van der Waals surface area contributed by atoms with Crippen LogP contribution >= 0.6 is 27.7 Å². The summed E-state index contributed by atoms with van der Waals surface area (Å²) >= 11 is 5.40. The number of amides is 2. The lowest BCUT2D eigenvalue weighted by Crippen LogP contribution is -2.59. The highest BCUT2D eigenvalue weighted by Gasteiger charge is 2.76. The molecular formula is C32H43BrN2O5S. The van der Waals surface area contributed by atoms with Crippen LogP contribution in [0.1, 0.15) is 50.7 Å². The molecule has 3 saturated heterocycles. The van der Waals surface area contributed by atoms with Crippen molar-refractivity contribution in [1.29, 1.82) is 0 Å². The highest BCUT2D eigenvalue weighted by molar-refractivity contribution is 9.09. The summed E-state index contributed by atoms with van der Waals surface area (Å²) in [5.74, 6) is -2.27. The van der Waals surface area contributed by atoms with Gasteiger partial charge in [-0.1, -0.05) is 60.1 Å². The fourth-order valence-corrected chi connectivity index (χ4v) is 10.6. The summed E-state index contributed by atoms with van der Waals surface area (Å²) in [5.41, 5.74) is 2.71. The molecule has 7 atom stereocenters. The van der Waals surface area contributed by atoms with Gasteiger partial charge in [0.25, 0.3) is 5.91 Å². The van der Waals surface area contributed by atoms with Crippen LogP contribution in [0.3, 0.4) is 0 Å². The number of hydrogen-bond donors (Lipinski definition) is 1. The van der Waals surface area contributed by atoms with Gasteiger partial charge in [0.1, 0.15) is 6.04 Å². The molecule has 1 aromatic carbocycles. The van der Waals surface area contributed by atoms with Crippen molar-refractivity contribution >= 4 is 51.2 Å². The first kappa shape index (κ1) is 31.8. The monoisotopic (exact) mass is 646 g/mol. The van der Waals surface area contributed by atoms with Crippen molar-refractivity contribution in [3.05, 3.63) is 54.6 Å². The van der Waals surface area contributed by atoms with Crippen LogP contribution in [0, 0.1) is 31.6 Å². The number of unbranched alkanes of at least 4 members (excludes halogenated alkanes) is 2. The van der Waals surface area contributed by atoms with Gasteiger partial charge < -0.3 is 19.6 Å². The Morgan fingerprint density at radius 3 is 2.51 bits per heavy atom. The molecule has 3 heterocycles. The minimum Gasteiger partial charge on any atom is -0.465 e. The van der Waals surface area contributed by atoms with Gasteiger partial charge in [-0.15, -0.1) is 24.9 Å². The van der Waals surface area contributed by atoms with Crippen LogP contribution < -0.4 is 4.90 Å². The summed E-state index contributed by atoms with van der Waals surface area (Å²) in [7, 11) is 0. The summed E-state index contributed by atoms with van der Waals surface area (Å²) in [4.78, 5) is 46.2. The standard InChI is InChI=1S/C32H43BrN2O5S/c1-7-9-10-11-16-40-31(39)24-25-29(37)35(23(18-36)19(3)4)28(32(25)17-22(33)27(24)41-32)30(38)34(15-8-2)26-20(5)13-12-14-21(26)6/h7-8,12-14,19,22-25,27-28,36H,1-2,9-11,15-18H2,3-6H3/t22?,23-,24+,25-,27+,28?,32?/m0/s1. The first-order valence-electron chi connectivity index (χ1n) is 14.6. The van der Waals surface area contributed by atoms with Crippen molar-refractivity contribution in [2.75, 3.05) is 24.7 Å². The summed E-state index contributed by atoms with van der Waals surface area (Å²) in [5, 5.41) is 10.3.